The van der Waals surface area contributed by atoms with Crippen molar-refractivity contribution in [2.45, 2.75) is 27.0 Å². The molecule has 0 aliphatic rings. The predicted molar refractivity (Wildman–Crippen MR) is 75.9 cm³/mol. The van der Waals surface area contributed by atoms with Crippen LogP contribution in [0, 0.1) is 17.6 Å². The zero-order valence-electron chi connectivity index (χ0n) is 12.2. The SMILES string of the molecule is CC(C)CNCc1coc(COc2cc(F)cc(F)c2)c1. The Morgan fingerprint density at radius 3 is 2.52 bits per heavy atom. The normalized spacial score (nSPS) is 11.1. The number of furan rings is 1. The number of hydrogen-bond acceptors (Lipinski definition) is 3. The van der Waals surface area contributed by atoms with Crippen LogP contribution in [0.2, 0.25) is 0 Å². The van der Waals surface area contributed by atoms with Gasteiger partial charge < -0.3 is 14.5 Å². The first-order valence-corrected chi connectivity index (χ1v) is 6.89. The van der Waals surface area contributed by atoms with Crippen LogP contribution in [0.25, 0.3) is 0 Å². The molecule has 0 saturated heterocycles. The van der Waals surface area contributed by atoms with Gasteiger partial charge in [0.15, 0.2) is 0 Å². The number of ether oxygens (including phenoxy) is 1. The summed E-state index contributed by atoms with van der Waals surface area (Å²) in [6.07, 6.45) is 1.65. The van der Waals surface area contributed by atoms with Gasteiger partial charge >= 0.3 is 0 Å². The Labute approximate surface area is 122 Å². The molecule has 0 unspecified atom stereocenters. The molecule has 0 saturated carbocycles. The summed E-state index contributed by atoms with van der Waals surface area (Å²) in [4.78, 5) is 0. The monoisotopic (exact) mass is 295 g/mol. The standard InChI is InChI=1S/C16H19F2NO2/c1-11(2)7-19-8-12-3-16(20-9-12)10-21-15-5-13(17)4-14(18)6-15/h3-6,9,11,19H,7-8,10H2,1-2H3. The van der Waals surface area contributed by atoms with Gasteiger partial charge in [0, 0.05) is 30.3 Å². The van der Waals surface area contributed by atoms with Gasteiger partial charge in [-0.25, -0.2) is 8.78 Å². The molecule has 1 aromatic heterocycles. The van der Waals surface area contributed by atoms with E-state index in [2.05, 4.69) is 19.2 Å². The van der Waals surface area contributed by atoms with Crippen molar-refractivity contribution < 1.29 is 17.9 Å². The lowest BCUT2D eigenvalue weighted by molar-refractivity contribution is 0.268. The van der Waals surface area contributed by atoms with Crippen LogP contribution in [0.1, 0.15) is 25.2 Å². The summed E-state index contributed by atoms with van der Waals surface area (Å²) < 4.78 is 36.7. The molecule has 0 bridgehead atoms. The second-order valence-electron chi connectivity index (χ2n) is 5.34. The molecule has 5 heteroatoms. The third-order valence-electron chi connectivity index (χ3n) is 2.81. The molecule has 0 aliphatic carbocycles. The molecule has 3 nitrogen and oxygen atoms in total. The molecule has 0 fully saturated rings. The van der Waals surface area contributed by atoms with Crippen molar-refractivity contribution in [1.82, 2.24) is 5.32 Å². The van der Waals surface area contributed by atoms with E-state index in [0.717, 1.165) is 36.9 Å². The lowest BCUT2D eigenvalue weighted by Gasteiger charge is -2.05. The summed E-state index contributed by atoms with van der Waals surface area (Å²) in [5.74, 6) is 0.0121. The van der Waals surface area contributed by atoms with Crippen LogP contribution in [-0.4, -0.2) is 6.54 Å². The Morgan fingerprint density at radius 1 is 1.14 bits per heavy atom. The smallest absolute Gasteiger partial charge is 0.146 e. The molecule has 1 N–H and O–H groups in total. The van der Waals surface area contributed by atoms with E-state index < -0.39 is 11.6 Å². The molecular formula is C16H19F2NO2. The average molecular weight is 295 g/mol. The molecule has 0 amide bonds. The zero-order valence-corrected chi connectivity index (χ0v) is 12.2. The van der Waals surface area contributed by atoms with E-state index in [1.54, 1.807) is 6.26 Å². The number of rotatable bonds is 7. The van der Waals surface area contributed by atoms with E-state index in [4.69, 9.17) is 9.15 Å². The largest absolute Gasteiger partial charge is 0.485 e. The van der Waals surface area contributed by atoms with E-state index in [9.17, 15) is 8.78 Å². The Kier molecular flexibility index (Phi) is 5.33. The molecule has 21 heavy (non-hydrogen) atoms. The van der Waals surface area contributed by atoms with Gasteiger partial charge in [-0.2, -0.15) is 0 Å². The summed E-state index contributed by atoms with van der Waals surface area (Å²) >= 11 is 0. The minimum atomic E-state index is -0.664. The second-order valence-corrected chi connectivity index (χ2v) is 5.34. The second kappa shape index (κ2) is 7.22. The molecular weight excluding hydrogens is 276 g/mol. The lowest BCUT2D eigenvalue weighted by Crippen LogP contribution is -2.18. The third kappa shape index (κ3) is 5.19. The van der Waals surface area contributed by atoms with Crippen LogP contribution in [0.4, 0.5) is 8.78 Å². The average Bonchev–Trinajstić information content (AvgIpc) is 2.83. The van der Waals surface area contributed by atoms with E-state index in [1.165, 1.54) is 0 Å². The van der Waals surface area contributed by atoms with Crippen molar-refractivity contribution in [2.24, 2.45) is 5.92 Å². The highest BCUT2D eigenvalue weighted by atomic mass is 19.1. The van der Waals surface area contributed by atoms with Crippen molar-refractivity contribution >= 4 is 0 Å². The molecule has 0 atom stereocenters. The minimum Gasteiger partial charge on any atom is -0.485 e. The van der Waals surface area contributed by atoms with Crippen molar-refractivity contribution in [3.63, 3.8) is 0 Å². The van der Waals surface area contributed by atoms with Gasteiger partial charge in [-0.05, 0) is 18.5 Å². The fraction of sp³-hybridized carbons (Fsp3) is 0.375. The first kappa shape index (κ1) is 15.5. The molecule has 114 valence electrons. The molecule has 2 aromatic rings. The van der Waals surface area contributed by atoms with Crippen molar-refractivity contribution in [3.8, 4) is 5.75 Å². The highest BCUT2D eigenvalue weighted by molar-refractivity contribution is 5.24. The zero-order chi connectivity index (χ0) is 15.2. The first-order valence-electron chi connectivity index (χ1n) is 6.89. The van der Waals surface area contributed by atoms with Gasteiger partial charge in [-0.1, -0.05) is 13.8 Å². The van der Waals surface area contributed by atoms with Crippen LogP contribution < -0.4 is 10.1 Å². The van der Waals surface area contributed by atoms with Gasteiger partial charge in [-0.15, -0.1) is 0 Å². The predicted octanol–water partition coefficient (Wildman–Crippen LogP) is 3.88. The van der Waals surface area contributed by atoms with Crippen molar-refractivity contribution in [1.29, 1.82) is 0 Å². The van der Waals surface area contributed by atoms with Crippen LogP contribution in [0.15, 0.2) is 34.9 Å². The van der Waals surface area contributed by atoms with Crippen molar-refractivity contribution in [3.05, 3.63) is 53.5 Å². The van der Waals surface area contributed by atoms with E-state index in [-0.39, 0.29) is 12.4 Å². The van der Waals surface area contributed by atoms with E-state index in [1.807, 2.05) is 6.07 Å². The topological polar surface area (TPSA) is 34.4 Å². The molecule has 0 aliphatic heterocycles. The van der Waals surface area contributed by atoms with Crippen LogP contribution in [-0.2, 0) is 13.2 Å². The number of halogens is 2. The Hall–Kier alpha value is -1.88. The summed E-state index contributed by atoms with van der Waals surface area (Å²) in [7, 11) is 0. The lowest BCUT2D eigenvalue weighted by atomic mass is 10.2. The fourth-order valence-corrected chi connectivity index (χ4v) is 1.87. The number of hydrogen-bond donors (Lipinski definition) is 1. The third-order valence-corrected chi connectivity index (χ3v) is 2.81. The maximum atomic E-state index is 13.0. The van der Waals surface area contributed by atoms with Crippen molar-refractivity contribution in [2.75, 3.05) is 6.54 Å². The van der Waals surface area contributed by atoms with Crippen LogP contribution in [0.5, 0.6) is 5.75 Å². The summed E-state index contributed by atoms with van der Waals surface area (Å²) in [6.45, 7) is 6.06. The number of benzene rings is 1. The molecule has 1 heterocycles. The van der Waals surface area contributed by atoms with Gasteiger partial charge in [0.1, 0.15) is 29.8 Å². The Bertz CT molecular complexity index is 561. The summed E-state index contributed by atoms with van der Waals surface area (Å²) in [6, 6.07) is 4.94. The Balaban J connectivity index is 1.85. The van der Waals surface area contributed by atoms with Gasteiger partial charge in [-0.3, -0.25) is 0 Å². The molecule has 2 rings (SSSR count). The molecule has 0 radical (unpaired) electrons. The van der Waals surface area contributed by atoms with Gasteiger partial charge in [0.25, 0.3) is 0 Å². The maximum Gasteiger partial charge on any atom is 0.146 e. The Morgan fingerprint density at radius 2 is 1.86 bits per heavy atom. The molecule has 1 aromatic carbocycles. The highest BCUT2D eigenvalue weighted by Crippen LogP contribution is 2.17. The fourth-order valence-electron chi connectivity index (χ4n) is 1.87. The van der Waals surface area contributed by atoms with E-state index >= 15 is 0 Å². The summed E-state index contributed by atoms with van der Waals surface area (Å²) in [5.41, 5.74) is 1.01. The summed E-state index contributed by atoms with van der Waals surface area (Å²) in [5, 5.41) is 3.30. The van der Waals surface area contributed by atoms with E-state index in [0.29, 0.717) is 11.7 Å². The van der Waals surface area contributed by atoms with Gasteiger partial charge in [0.2, 0.25) is 0 Å². The minimum absolute atomic E-state index is 0.132. The van der Waals surface area contributed by atoms with Crippen LogP contribution >= 0.6 is 0 Å². The highest BCUT2D eigenvalue weighted by Gasteiger charge is 2.05. The van der Waals surface area contributed by atoms with Gasteiger partial charge in [0.05, 0.1) is 6.26 Å². The number of nitrogens with one attached hydrogen (secondary N) is 1. The molecule has 0 spiro atoms. The maximum absolute atomic E-state index is 13.0. The van der Waals surface area contributed by atoms with Crippen LogP contribution in [0.3, 0.4) is 0 Å². The first-order chi connectivity index (χ1) is 10.0. The quantitative estimate of drug-likeness (QED) is 0.841.